The first-order chi connectivity index (χ1) is 9.19. The van der Waals surface area contributed by atoms with Crippen LogP contribution in [0.15, 0.2) is 47.3 Å². The van der Waals surface area contributed by atoms with Gasteiger partial charge in [-0.05, 0) is 48.9 Å². The molecule has 4 heteroatoms. The van der Waals surface area contributed by atoms with Gasteiger partial charge in [-0.15, -0.1) is 0 Å². The quantitative estimate of drug-likeness (QED) is 0.764. The molecule has 0 fully saturated rings. The van der Waals surface area contributed by atoms with E-state index >= 15 is 0 Å². The zero-order valence-corrected chi connectivity index (χ0v) is 10.8. The van der Waals surface area contributed by atoms with Gasteiger partial charge in [0.25, 0.3) is 0 Å². The minimum Gasteiger partial charge on any atom is -0.497 e. The Kier molecular flexibility index (Phi) is 2.63. The van der Waals surface area contributed by atoms with E-state index in [4.69, 9.17) is 4.74 Å². The molecule has 0 bridgehead atoms. The van der Waals surface area contributed by atoms with E-state index in [1.807, 2.05) is 49.4 Å². The molecule has 96 valence electrons. The summed E-state index contributed by atoms with van der Waals surface area (Å²) in [6.07, 6.45) is 0. The van der Waals surface area contributed by atoms with Crippen LogP contribution in [0.1, 0.15) is 5.56 Å². The lowest BCUT2D eigenvalue weighted by molar-refractivity contribution is 0.414. The zero-order valence-electron chi connectivity index (χ0n) is 10.8. The van der Waals surface area contributed by atoms with Crippen LogP contribution in [0.5, 0.6) is 5.75 Å². The third-order valence-corrected chi connectivity index (χ3v) is 3.17. The topological polar surface area (TPSA) is 47.0 Å². The molecule has 1 aromatic heterocycles. The molecule has 0 aliphatic heterocycles. The van der Waals surface area contributed by atoms with Gasteiger partial charge in [0.1, 0.15) is 5.75 Å². The Labute approximate surface area is 110 Å². The molecule has 3 aromatic rings. The van der Waals surface area contributed by atoms with E-state index in [2.05, 4.69) is 4.98 Å². The minimum atomic E-state index is -0.134. The van der Waals surface area contributed by atoms with Crippen LogP contribution in [0, 0.1) is 6.92 Å². The average molecular weight is 254 g/mol. The molecule has 19 heavy (non-hydrogen) atoms. The van der Waals surface area contributed by atoms with E-state index in [0.717, 1.165) is 28.0 Å². The number of fused-ring (bicyclic) bond motifs is 1. The number of hydrogen-bond acceptors (Lipinski definition) is 2. The number of methoxy groups -OCH3 is 1. The van der Waals surface area contributed by atoms with Crippen molar-refractivity contribution in [1.29, 1.82) is 0 Å². The van der Waals surface area contributed by atoms with Crippen molar-refractivity contribution in [2.75, 3.05) is 7.11 Å². The van der Waals surface area contributed by atoms with Gasteiger partial charge >= 0.3 is 5.69 Å². The maximum absolute atomic E-state index is 12.1. The molecule has 0 aliphatic rings. The number of nitrogens with one attached hydrogen (secondary N) is 1. The lowest BCUT2D eigenvalue weighted by Crippen LogP contribution is -2.14. The molecule has 0 saturated heterocycles. The van der Waals surface area contributed by atoms with Crippen molar-refractivity contribution < 1.29 is 4.74 Å². The number of ether oxygens (including phenoxy) is 1. The number of rotatable bonds is 2. The molecule has 1 N–H and O–H groups in total. The summed E-state index contributed by atoms with van der Waals surface area (Å²) in [5.74, 6) is 0.771. The molecule has 3 rings (SSSR count). The number of aromatic nitrogens is 2. The monoisotopic (exact) mass is 254 g/mol. The second kappa shape index (κ2) is 4.31. The van der Waals surface area contributed by atoms with Crippen LogP contribution in [0.25, 0.3) is 16.7 Å². The standard InChI is InChI=1S/C15H14N2O2/c1-10-3-8-13-14(9-10)17(15(18)16-13)11-4-6-12(19-2)7-5-11/h3-9H,1-2H3,(H,16,18). The van der Waals surface area contributed by atoms with Crippen molar-refractivity contribution in [3.05, 3.63) is 58.5 Å². The van der Waals surface area contributed by atoms with Crippen LogP contribution >= 0.6 is 0 Å². The van der Waals surface area contributed by atoms with Gasteiger partial charge in [0.15, 0.2) is 0 Å². The highest BCUT2D eigenvalue weighted by Crippen LogP contribution is 2.19. The van der Waals surface area contributed by atoms with Gasteiger partial charge in [0.05, 0.1) is 23.8 Å². The summed E-state index contributed by atoms with van der Waals surface area (Å²) in [7, 11) is 1.62. The minimum absolute atomic E-state index is 0.134. The fraction of sp³-hybridized carbons (Fsp3) is 0.133. The highest BCUT2D eigenvalue weighted by molar-refractivity contribution is 5.78. The Morgan fingerprint density at radius 1 is 1.11 bits per heavy atom. The summed E-state index contributed by atoms with van der Waals surface area (Å²) in [5.41, 5.74) is 3.53. The summed E-state index contributed by atoms with van der Waals surface area (Å²) in [4.78, 5) is 14.9. The van der Waals surface area contributed by atoms with E-state index in [9.17, 15) is 4.79 Å². The van der Waals surface area contributed by atoms with Gasteiger partial charge in [-0.1, -0.05) is 6.07 Å². The normalized spacial score (nSPS) is 10.8. The van der Waals surface area contributed by atoms with Crippen LogP contribution < -0.4 is 10.4 Å². The fourth-order valence-electron chi connectivity index (χ4n) is 2.20. The maximum Gasteiger partial charge on any atom is 0.331 e. The Morgan fingerprint density at radius 2 is 1.84 bits per heavy atom. The first-order valence-electron chi connectivity index (χ1n) is 6.05. The molecule has 4 nitrogen and oxygen atoms in total. The molecule has 0 spiro atoms. The first-order valence-corrected chi connectivity index (χ1v) is 6.05. The van der Waals surface area contributed by atoms with Gasteiger partial charge in [-0.3, -0.25) is 4.57 Å². The number of aryl methyl sites for hydroxylation is 1. The van der Waals surface area contributed by atoms with Crippen molar-refractivity contribution in [3.63, 3.8) is 0 Å². The molecule has 0 radical (unpaired) electrons. The summed E-state index contributed by atoms with van der Waals surface area (Å²) >= 11 is 0. The smallest absolute Gasteiger partial charge is 0.331 e. The number of H-pyrrole nitrogens is 1. The molecular weight excluding hydrogens is 240 g/mol. The van der Waals surface area contributed by atoms with E-state index in [-0.39, 0.29) is 5.69 Å². The lowest BCUT2D eigenvalue weighted by Gasteiger charge is -2.05. The van der Waals surface area contributed by atoms with Crippen LogP contribution in [-0.2, 0) is 0 Å². The molecule has 0 amide bonds. The second-order valence-electron chi connectivity index (χ2n) is 4.48. The fourth-order valence-corrected chi connectivity index (χ4v) is 2.20. The Morgan fingerprint density at radius 3 is 2.53 bits per heavy atom. The van der Waals surface area contributed by atoms with Crippen molar-refractivity contribution in [2.24, 2.45) is 0 Å². The Bertz CT molecular complexity index is 782. The predicted molar refractivity (Wildman–Crippen MR) is 75.2 cm³/mol. The third kappa shape index (κ3) is 1.91. The van der Waals surface area contributed by atoms with Crippen molar-refractivity contribution >= 4 is 11.0 Å². The van der Waals surface area contributed by atoms with Gasteiger partial charge in [0, 0.05) is 0 Å². The van der Waals surface area contributed by atoms with E-state index in [1.165, 1.54) is 0 Å². The second-order valence-corrected chi connectivity index (χ2v) is 4.48. The zero-order chi connectivity index (χ0) is 13.4. The number of imidazole rings is 1. The largest absolute Gasteiger partial charge is 0.497 e. The number of hydrogen-bond donors (Lipinski definition) is 1. The molecule has 0 atom stereocenters. The number of aromatic amines is 1. The molecule has 0 unspecified atom stereocenters. The Balaban J connectivity index is 2.25. The molecule has 2 aromatic carbocycles. The maximum atomic E-state index is 12.1. The number of nitrogens with zero attached hydrogens (tertiary/aromatic N) is 1. The average Bonchev–Trinajstić information content (AvgIpc) is 2.74. The number of benzene rings is 2. The van der Waals surface area contributed by atoms with E-state index in [0.29, 0.717) is 0 Å². The Hall–Kier alpha value is -2.49. The van der Waals surface area contributed by atoms with Gasteiger partial charge in [-0.25, -0.2) is 4.79 Å². The van der Waals surface area contributed by atoms with Crippen molar-refractivity contribution in [3.8, 4) is 11.4 Å². The van der Waals surface area contributed by atoms with E-state index in [1.54, 1.807) is 11.7 Å². The van der Waals surface area contributed by atoms with Gasteiger partial charge in [-0.2, -0.15) is 0 Å². The van der Waals surface area contributed by atoms with Gasteiger partial charge < -0.3 is 9.72 Å². The van der Waals surface area contributed by atoms with E-state index < -0.39 is 0 Å². The van der Waals surface area contributed by atoms with Gasteiger partial charge in [0.2, 0.25) is 0 Å². The summed E-state index contributed by atoms with van der Waals surface area (Å²) in [6, 6.07) is 13.3. The third-order valence-electron chi connectivity index (χ3n) is 3.17. The van der Waals surface area contributed by atoms with Crippen molar-refractivity contribution in [2.45, 2.75) is 6.92 Å². The first kappa shape index (κ1) is 11.6. The summed E-state index contributed by atoms with van der Waals surface area (Å²) < 4.78 is 6.80. The summed E-state index contributed by atoms with van der Waals surface area (Å²) in [6.45, 7) is 2.01. The lowest BCUT2D eigenvalue weighted by atomic mass is 10.2. The van der Waals surface area contributed by atoms with Crippen LogP contribution in [0.3, 0.4) is 0 Å². The van der Waals surface area contributed by atoms with Crippen LogP contribution in [0.2, 0.25) is 0 Å². The molecule has 0 saturated carbocycles. The molecule has 1 heterocycles. The highest BCUT2D eigenvalue weighted by Gasteiger charge is 2.08. The SMILES string of the molecule is COc1ccc(-n2c(=O)[nH]c3ccc(C)cc32)cc1. The molecule has 0 aliphatic carbocycles. The molecular formula is C15H14N2O2. The van der Waals surface area contributed by atoms with Crippen LogP contribution in [-0.4, -0.2) is 16.7 Å². The van der Waals surface area contributed by atoms with Crippen molar-refractivity contribution in [1.82, 2.24) is 9.55 Å². The van der Waals surface area contributed by atoms with Crippen LogP contribution in [0.4, 0.5) is 0 Å². The predicted octanol–water partition coefficient (Wildman–Crippen LogP) is 2.64. The summed E-state index contributed by atoms with van der Waals surface area (Å²) in [5, 5.41) is 0. The highest BCUT2D eigenvalue weighted by atomic mass is 16.5.